The lowest BCUT2D eigenvalue weighted by atomic mass is 10.1. The second-order valence-electron chi connectivity index (χ2n) is 5.37. The summed E-state index contributed by atoms with van der Waals surface area (Å²) < 4.78 is 18.2. The van der Waals surface area contributed by atoms with Crippen LogP contribution in [0.1, 0.15) is 25.8 Å². The number of rotatable bonds is 5. The number of halogens is 1. The van der Waals surface area contributed by atoms with Crippen LogP contribution in [0.2, 0.25) is 0 Å². The topological polar surface area (TPSA) is 55.4 Å². The standard InChI is InChI=1S/C16H18FNO3/c1-10(2)15-16(20)18-14(21-15)9-13(19)8-5-11-3-6-12(17)7-4-11/h3-4,6-7,9-10,15H,5,8H2,1-2H3,(H,18,20)/b14-9+/t15-/m0/s1. The number of carbonyl (C=O) groups excluding carboxylic acids is 2. The first-order chi connectivity index (χ1) is 9.95. The molecule has 5 heteroatoms. The average Bonchev–Trinajstić information content (AvgIpc) is 2.79. The van der Waals surface area contributed by atoms with Crippen LogP contribution in [0.25, 0.3) is 0 Å². The fourth-order valence-electron chi connectivity index (χ4n) is 2.06. The van der Waals surface area contributed by atoms with Crippen LogP contribution in [-0.4, -0.2) is 17.8 Å². The van der Waals surface area contributed by atoms with E-state index in [1.807, 2.05) is 13.8 Å². The maximum atomic E-state index is 12.8. The van der Waals surface area contributed by atoms with E-state index in [1.165, 1.54) is 18.2 Å². The van der Waals surface area contributed by atoms with Gasteiger partial charge in [-0.05, 0) is 30.0 Å². The van der Waals surface area contributed by atoms with Crippen LogP contribution >= 0.6 is 0 Å². The molecule has 0 bridgehead atoms. The molecule has 0 saturated carbocycles. The summed E-state index contributed by atoms with van der Waals surface area (Å²) in [5.74, 6) is -0.399. The highest BCUT2D eigenvalue weighted by Crippen LogP contribution is 2.17. The third-order valence-electron chi connectivity index (χ3n) is 3.23. The number of hydrogen-bond donors (Lipinski definition) is 1. The summed E-state index contributed by atoms with van der Waals surface area (Å²) in [4.78, 5) is 23.4. The minimum atomic E-state index is -0.541. The van der Waals surface area contributed by atoms with E-state index in [-0.39, 0.29) is 35.7 Å². The normalized spacial score (nSPS) is 19.7. The number of ketones is 1. The van der Waals surface area contributed by atoms with E-state index < -0.39 is 6.10 Å². The summed E-state index contributed by atoms with van der Waals surface area (Å²) in [5, 5.41) is 2.55. The van der Waals surface area contributed by atoms with Crippen molar-refractivity contribution in [1.29, 1.82) is 0 Å². The van der Waals surface area contributed by atoms with Gasteiger partial charge in [0.1, 0.15) is 5.82 Å². The van der Waals surface area contributed by atoms with Crippen molar-refractivity contribution in [3.05, 3.63) is 47.6 Å². The molecule has 1 amide bonds. The van der Waals surface area contributed by atoms with Gasteiger partial charge in [-0.15, -0.1) is 0 Å². The van der Waals surface area contributed by atoms with Gasteiger partial charge in [0.05, 0.1) is 0 Å². The highest BCUT2D eigenvalue weighted by molar-refractivity contribution is 5.92. The molecule has 1 atom stereocenters. The van der Waals surface area contributed by atoms with Crippen molar-refractivity contribution in [2.45, 2.75) is 32.8 Å². The fraction of sp³-hybridized carbons (Fsp3) is 0.375. The molecule has 1 heterocycles. The van der Waals surface area contributed by atoms with Crippen LogP contribution in [0.4, 0.5) is 4.39 Å². The van der Waals surface area contributed by atoms with Crippen LogP contribution in [0.3, 0.4) is 0 Å². The SMILES string of the molecule is CC(C)[C@@H]1O/C(=C/C(=O)CCc2ccc(F)cc2)NC1=O. The highest BCUT2D eigenvalue weighted by Gasteiger charge is 2.32. The summed E-state index contributed by atoms with van der Waals surface area (Å²) in [6.07, 6.45) is 1.57. The molecular weight excluding hydrogens is 273 g/mol. The molecule has 1 aliphatic rings. The van der Waals surface area contributed by atoms with Gasteiger partial charge < -0.3 is 4.74 Å². The summed E-state index contributed by atoms with van der Waals surface area (Å²) in [7, 11) is 0. The van der Waals surface area contributed by atoms with Crippen LogP contribution in [-0.2, 0) is 20.7 Å². The van der Waals surface area contributed by atoms with Crippen LogP contribution in [0.5, 0.6) is 0 Å². The zero-order valence-corrected chi connectivity index (χ0v) is 12.1. The van der Waals surface area contributed by atoms with E-state index >= 15 is 0 Å². The monoisotopic (exact) mass is 291 g/mol. The molecule has 1 N–H and O–H groups in total. The Labute approximate surface area is 123 Å². The Morgan fingerprint density at radius 3 is 2.62 bits per heavy atom. The number of benzene rings is 1. The zero-order valence-electron chi connectivity index (χ0n) is 12.1. The Kier molecular flexibility index (Phi) is 4.73. The summed E-state index contributed by atoms with van der Waals surface area (Å²) in [6, 6.07) is 6.04. The number of aryl methyl sites for hydroxylation is 1. The molecule has 2 rings (SSSR count). The number of allylic oxidation sites excluding steroid dienone is 1. The maximum absolute atomic E-state index is 12.8. The highest BCUT2D eigenvalue weighted by atomic mass is 19.1. The summed E-state index contributed by atoms with van der Waals surface area (Å²) >= 11 is 0. The number of hydrogen-bond acceptors (Lipinski definition) is 3. The largest absolute Gasteiger partial charge is 0.465 e. The molecule has 0 radical (unpaired) electrons. The minimum absolute atomic E-state index is 0.0465. The molecule has 0 aromatic heterocycles. The quantitative estimate of drug-likeness (QED) is 0.847. The number of nitrogens with one attached hydrogen (secondary N) is 1. The van der Waals surface area contributed by atoms with Crippen LogP contribution < -0.4 is 5.32 Å². The van der Waals surface area contributed by atoms with Gasteiger partial charge in [-0.1, -0.05) is 26.0 Å². The lowest BCUT2D eigenvalue weighted by molar-refractivity contribution is -0.125. The fourth-order valence-corrected chi connectivity index (χ4v) is 2.06. The second kappa shape index (κ2) is 6.52. The molecule has 0 spiro atoms. The number of amides is 1. The van der Waals surface area contributed by atoms with Crippen LogP contribution in [0.15, 0.2) is 36.2 Å². The molecule has 21 heavy (non-hydrogen) atoms. The molecule has 1 saturated heterocycles. The van der Waals surface area contributed by atoms with Gasteiger partial charge in [-0.3, -0.25) is 14.9 Å². The van der Waals surface area contributed by atoms with Crippen molar-refractivity contribution in [3.63, 3.8) is 0 Å². The maximum Gasteiger partial charge on any atom is 0.268 e. The Hall–Kier alpha value is -2.17. The second-order valence-corrected chi connectivity index (χ2v) is 5.37. The molecule has 0 aliphatic carbocycles. The summed E-state index contributed by atoms with van der Waals surface area (Å²) in [5.41, 5.74) is 0.889. The van der Waals surface area contributed by atoms with E-state index in [2.05, 4.69) is 5.32 Å². The van der Waals surface area contributed by atoms with Gasteiger partial charge in [-0.2, -0.15) is 0 Å². The van der Waals surface area contributed by atoms with Gasteiger partial charge in [0, 0.05) is 12.5 Å². The van der Waals surface area contributed by atoms with Gasteiger partial charge in [0.2, 0.25) is 0 Å². The molecule has 0 unspecified atom stereocenters. The predicted octanol–water partition coefficient (Wildman–Crippen LogP) is 2.34. The molecular formula is C16H18FNO3. The molecule has 4 nitrogen and oxygen atoms in total. The minimum Gasteiger partial charge on any atom is -0.465 e. The van der Waals surface area contributed by atoms with Crippen molar-refractivity contribution in [2.24, 2.45) is 5.92 Å². The number of ether oxygens (including phenoxy) is 1. The molecule has 1 aromatic rings. The van der Waals surface area contributed by atoms with Crippen molar-refractivity contribution in [1.82, 2.24) is 5.32 Å². The van der Waals surface area contributed by atoms with Gasteiger partial charge in [-0.25, -0.2) is 4.39 Å². The average molecular weight is 291 g/mol. The van der Waals surface area contributed by atoms with Crippen molar-refractivity contribution < 1.29 is 18.7 Å². The Morgan fingerprint density at radius 1 is 1.38 bits per heavy atom. The first-order valence-electron chi connectivity index (χ1n) is 6.92. The summed E-state index contributed by atoms with van der Waals surface area (Å²) in [6.45, 7) is 3.76. The Morgan fingerprint density at radius 2 is 2.05 bits per heavy atom. The van der Waals surface area contributed by atoms with E-state index in [0.29, 0.717) is 6.42 Å². The van der Waals surface area contributed by atoms with Crippen molar-refractivity contribution in [3.8, 4) is 0 Å². The third-order valence-corrected chi connectivity index (χ3v) is 3.23. The van der Waals surface area contributed by atoms with E-state index in [1.54, 1.807) is 12.1 Å². The Balaban J connectivity index is 1.88. The first kappa shape index (κ1) is 15.2. The van der Waals surface area contributed by atoms with Crippen molar-refractivity contribution >= 4 is 11.7 Å². The van der Waals surface area contributed by atoms with E-state index in [4.69, 9.17) is 4.74 Å². The predicted molar refractivity (Wildman–Crippen MR) is 75.7 cm³/mol. The molecule has 1 fully saturated rings. The molecule has 1 aromatic carbocycles. The van der Waals surface area contributed by atoms with Gasteiger partial charge in [0.15, 0.2) is 17.8 Å². The molecule has 1 aliphatic heterocycles. The lowest BCUT2D eigenvalue weighted by Gasteiger charge is -2.10. The number of carbonyl (C=O) groups is 2. The smallest absolute Gasteiger partial charge is 0.268 e. The lowest BCUT2D eigenvalue weighted by Crippen LogP contribution is -2.27. The first-order valence-corrected chi connectivity index (χ1v) is 6.92. The van der Waals surface area contributed by atoms with Gasteiger partial charge in [0.25, 0.3) is 5.91 Å². The zero-order chi connectivity index (χ0) is 15.4. The molecule has 112 valence electrons. The van der Waals surface area contributed by atoms with E-state index in [0.717, 1.165) is 5.56 Å². The Bertz CT molecular complexity index is 563. The third kappa shape index (κ3) is 4.15. The van der Waals surface area contributed by atoms with Crippen molar-refractivity contribution in [2.75, 3.05) is 0 Å². The van der Waals surface area contributed by atoms with Crippen LogP contribution in [0, 0.1) is 11.7 Å². The van der Waals surface area contributed by atoms with Gasteiger partial charge >= 0.3 is 0 Å². The van der Waals surface area contributed by atoms with E-state index in [9.17, 15) is 14.0 Å².